The molecule has 0 atom stereocenters. The summed E-state index contributed by atoms with van der Waals surface area (Å²) in [5, 5.41) is 2.98. The van der Waals surface area contributed by atoms with Crippen LogP contribution >= 0.6 is 80.7 Å². The van der Waals surface area contributed by atoms with Crippen LogP contribution in [-0.2, 0) is 4.74 Å². The fourth-order valence-electron chi connectivity index (χ4n) is 4.58. The SMILES string of the molecule is CSc1nc2ccccc2s1.Cc1nc2cc(Cl)ccc2s1.Cc1nc2ccccc2s1.c1ccc2sc(SN3CCOCC3)nc2c1. The standard InChI is InChI=1S/C11H12N2OS2.C8H6ClNS.C8H7NS2.C8H7NS/c1-2-4-10-9(3-1)12-11(15-10)16-13-5-7-14-8-6-13;1-5-10-7-4-6(9)2-3-8(7)11-5;1-10-8-9-6-4-2-3-5-7(6)11-8;1-6-9-7-4-2-3-5-8(7)10-6/h1-4H,5-8H2;2-4H,1H3;2-5H,1H3;2-5H,1H3. The van der Waals surface area contributed by atoms with Gasteiger partial charge in [0.05, 0.1) is 64.1 Å². The number of para-hydroxylation sites is 3. The molecule has 1 aliphatic heterocycles. The number of hydrogen-bond donors (Lipinski definition) is 0. The fourth-order valence-corrected chi connectivity index (χ4v) is 9.99. The van der Waals surface area contributed by atoms with Gasteiger partial charge in [-0.1, -0.05) is 59.8 Å². The summed E-state index contributed by atoms with van der Waals surface area (Å²) < 4.78 is 14.9. The van der Waals surface area contributed by atoms with Crippen molar-refractivity contribution >= 4 is 122 Å². The summed E-state index contributed by atoms with van der Waals surface area (Å²) in [6.07, 6.45) is 2.05. The Morgan fingerprint density at radius 2 is 1.08 bits per heavy atom. The van der Waals surface area contributed by atoms with Crippen molar-refractivity contribution in [3.63, 3.8) is 0 Å². The first kappa shape index (κ1) is 35.2. The Hall–Kier alpha value is -2.65. The van der Waals surface area contributed by atoms with Crippen LogP contribution in [0.15, 0.2) is 99.7 Å². The Balaban J connectivity index is 0.000000114. The molecule has 48 heavy (non-hydrogen) atoms. The first-order chi connectivity index (χ1) is 23.4. The average molecular weight is 767 g/mol. The Bertz CT molecular complexity index is 2120. The number of ether oxygens (including phenoxy) is 1. The van der Waals surface area contributed by atoms with Crippen LogP contribution in [0.2, 0.25) is 5.02 Å². The van der Waals surface area contributed by atoms with Crippen LogP contribution in [0, 0.1) is 13.8 Å². The van der Waals surface area contributed by atoms with Crippen LogP contribution in [0.4, 0.5) is 0 Å². The van der Waals surface area contributed by atoms with Gasteiger partial charge < -0.3 is 4.74 Å². The molecule has 1 saturated heterocycles. The molecule has 0 spiro atoms. The smallest absolute Gasteiger partial charge is 0.166 e. The van der Waals surface area contributed by atoms with Crippen LogP contribution in [0.1, 0.15) is 10.0 Å². The lowest BCUT2D eigenvalue weighted by atomic mass is 10.3. The van der Waals surface area contributed by atoms with Crippen molar-refractivity contribution in [1.82, 2.24) is 24.2 Å². The van der Waals surface area contributed by atoms with Crippen molar-refractivity contribution in [3.8, 4) is 0 Å². The van der Waals surface area contributed by atoms with E-state index in [2.05, 4.69) is 60.8 Å². The van der Waals surface area contributed by atoms with Crippen molar-refractivity contribution < 1.29 is 4.74 Å². The summed E-state index contributed by atoms with van der Waals surface area (Å²) in [5.41, 5.74) is 4.33. The Labute approximate surface area is 309 Å². The van der Waals surface area contributed by atoms with Crippen LogP contribution in [-0.4, -0.2) is 56.8 Å². The number of hydrogen-bond acceptors (Lipinski definition) is 12. The van der Waals surface area contributed by atoms with Crippen molar-refractivity contribution in [2.24, 2.45) is 0 Å². The van der Waals surface area contributed by atoms with Crippen molar-refractivity contribution in [3.05, 3.63) is 106 Å². The topological polar surface area (TPSA) is 64.0 Å². The number of fused-ring (bicyclic) bond motifs is 4. The molecule has 8 aromatic rings. The summed E-state index contributed by atoms with van der Waals surface area (Å²) in [6.45, 7) is 7.67. The second-order valence-corrected chi connectivity index (χ2v) is 17.6. The van der Waals surface area contributed by atoms with Crippen molar-refractivity contribution in [2.75, 3.05) is 32.6 Å². The predicted molar refractivity (Wildman–Crippen MR) is 213 cm³/mol. The molecule has 0 bridgehead atoms. The molecule has 9 rings (SSSR count). The molecule has 5 heterocycles. The van der Waals surface area contributed by atoms with E-state index >= 15 is 0 Å². The average Bonchev–Trinajstić information content (AvgIpc) is 3.89. The van der Waals surface area contributed by atoms with E-state index in [1.54, 1.807) is 69.1 Å². The lowest BCUT2D eigenvalue weighted by Gasteiger charge is -2.23. The second-order valence-electron chi connectivity index (χ2n) is 10.3. The summed E-state index contributed by atoms with van der Waals surface area (Å²) in [6, 6.07) is 30.5. The van der Waals surface area contributed by atoms with Gasteiger partial charge in [0, 0.05) is 18.1 Å². The Morgan fingerprint density at radius 3 is 1.65 bits per heavy atom. The van der Waals surface area contributed by atoms with Gasteiger partial charge in [-0.25, -0.2) is 24.2 Å². The van der Waals surface area contributed by atoms with E-state index in [0.29, 0.717) is 0 Å². The second kappa shape index (κ2) is 17.3. The van der Waals surface area contributed by atoms with Gasteiger partial charge in [-0.2, -0.15) is 0 Å². The number of thioether (sulfide) groups is 1. The van der Waals surface area contributed by atoms with E-state index in [1.807, 2.05) is 74.5 Å². The third-order valence-corrected chi connectivity index (χ3v) is 13.1. The molecule has 1 aliphatic rings. The zero-order chi connectivity index (χ0) is 33.3. The number of benzene rings is 4. The molecule has 0 radical (unpaired) electrons. The maximum atomic E-state index is 5.79. The molecule has 4 aromatic carbocycles. The number of aryl methyl sites for hydroxylation is 2. The number of thiazole rings is 4. The highest BCUT2D eigenvalue weighted by Gasteiger charge is 2.14. The van der Waals surface area contributed by atoms with E-state index < -0.39 is 0 Å². The zero-order valence-electron chi connectivity index (χ0n) is 26.5. The van der Waals surface area contributed by atoms with E-state index in [9.17, 15) is 0 Å². The number of morpholine rings is 1. The summed E-state index contributed by atoms with van der Waals surface area (Å²) in [4.78, 5) is 17.7. The highest BCUT2D eigenvalue weighted by molar-refractivity contribution is 8.00. The first-order valence-electron chi connectivity index (χ1n) is 15.0. The van der Waals surface area contributed by atoms with Crippen LogP contribution in [0.5, 0.6) is 0 Å². The maximum Gasteiger partial charge on any atom is 0.166 e. The molecule has 13 heteroatoms. The van der Waals surface area contributed by atoms with Gasteiger partial charge in [0.2, 0.25) is 0 Å². The normalized spacial score (nSPS) is 13.1. The van der Waals surface area contributed by atoms with Gasteiger partial charge in [-0.3, -0.25) is 0 Å². The third kappa shape index (κ3) is 9.74. The minimum atomic E-state index is 0.753. The summed E-state index contributed by atoms with van der Waals surface area (Å²) in [7, 11) is 0. The Morgan fingerprint density at radius 1 is 0.604 bits per heavy atom. The lowest BCUT2D eigenvalue weighted by Crippen LogP contribution is -2.30. The minimum Gasteiger partial charge on any atom is -0.379 e. The van der Waals surface area contributed by atoms with Crippen molar-refractivity contribution in [1.29, 1.82) is 0 Å². The van der Waals surface area contributed by atoms with Gasteiger partial charge in [0.1, 0.15) is 0 Å². The highest BCUT2D eigenvalue weighted by atomic mass is 35.5. The van der Waals surface area contributed by atoms with Crippen LogP contribution < -0.4 is 0 Å². The molecule has 0 aliphatic carbocycles. The highest BCUT2D eigenvalue weighted by Crippen LogP contribution is 2.32. The number of halogens is 1. The monoisotopic (exact) mass is 765 g/mol. The van der Waals surface area contributed by atoms with E-state index in [0.717, 1.165) is 72.1 Å². The van der Waals surface area contributed by atoms with Gasteiger partial charge in [0.25, 0.3) is 0 Å². The minimum absolute atomic E-state index is 0.753. The molecule has 0 unspecified atom stereocenters. The zero-order valence-corrected chi connectivity index (χ0v) is 32.1. The third-order valence-electron chi connectivity index (χ3n) is 6.76. The van der Waals surface area contributed by atoms with E-state index in [4.69, 9.17) is 16.3 Å². The summed E-state index contributed by atoms with van der Waals surface area (Å²) >= 11 is 16.2. The maximum absolute atomic E-state index is 5.79. The largest absolute Gasteiger partial charge is 0.379 e. The van der Waals surface area contributed by atoms with Gasteiger partial charge in [-0.05, 0) is 86.6 Å². The first-order valence-corrected chi connectivity index (χ1v) is 20.7. The van der Waals surface area contributed by atoms with Gasteiger partial charge >= 0.3 is 0 Å². The van der Waals surface area contributed by atoms with E-state index in [1.165, 1.54) is 18.8 Å². The number of aromatic nitrogens is 4. The molecule has 0 N–H and O–H groups in total. The molecule has 0 saturated carbocycles. The molecule has 1 fully saturated rings. The summed E-state index contributed by atoms with van der Waals surface area (Å²) in [5.74, 6) is 0. The number of nitrogens with zero attached hydrogens (tertiary/aromatic N) is 5. The number of rotatable bonds is 3. The molecule has 0 amide bonds. The molecule has 246 valence electrons. The lowest BCUT2D eigenvalue weighted by molar-refractivity contribution is 0.0773. The van der Waals surface area contributed by atoms with E-state index in [-0.39, 0.29) is 0 Å². The molecular formula is C35H32ClN5OS6. The van der Waals surface area contributed by atoms with Crippen LogP contribution in [0.3, 0.4) is 0 Å². The molecular weight excluding hydrogens is 734 g/mol. The van der Waals surface area contributed by atoms with Crippen LogP contribution in [0.25, 0.3) is 40.9 Å². The quantitative estimate of drug-likeness (QED) is 0.130. The van der Waals surface area contributed by atoms with Gasteiger partial charge in [-0.15, -0.1) is 45.3 Å². The fraction of sp³-hybridized carbons (Fsp3) is 0.200. The van der Waals surface area contributed by atoms with Gasteiger partial charge in [0.15, 0.2) is 8.68 Å². The Kier molecular flexibility index (Phi) is 12.7. The molecule has 6 nitrogen and oxygen atoms in total. The van der Waals surface area contributed by atoms with Crippen molar-refractivity contribution in [2.45, 2.75) is 22.5 Å². The predicted octanol–water partition coefficient (Wildman–Crippen LogP) is 11.5. The molecule has 4 aromatic heterocycles.